The molecule has 2 aliphatic heterocycles. The molecule has 0 radical (unpaired) electrons. The Bertz CT molecular complexity index is 1030. The summed E-state index contributed by atoms with van der Waals surface area (Å²) in [6.45, 7) is 5.52. The molecule has 0 atom stereocenters. The maximum Gasteiger partial charge on any atom is 0.248 e. The molecule has 2 aliphatic rings. The summed E-state index contributed by atoms with van der Waals surface area (Å²) < 4.78 is 7.02. The van der Waals surface area contributed by atoms with Crippen molar-refractivity contribution in [2.45, 2.75) is 33.3 Å². The van der Waals surface area contributed by atoms with E-state index in [0.717, 1.165) is 29.8 Å². The van der Waals surface area contributed by atoms with Crippen LogP contribution >= 0.6 is 0 Å². The van der Waals surface area contributed by atoms with E-state index in [1.165, 1.54) is 16.7 Å². The first-order valence-corrected chi connectivity index (χ1v) is 10.0. The van der Waals surface area contributed by atoms with Crippen LogP contribution < -0.4 is 0 Å². The molecule has 0 N–H and O–H groups in total. The number of rotatable bonds is 4. The predicted molar refractivity (Wildman–Crippen MR) is 114 cm³/mol. The zero-order valence-electron chi connectivity index (χ0n) is 17.2. The van der Waals surface area contributed by atoms with Crippen molar-refractivity contribution < 1.29 is 9.53 Å². The minimum atomic E-state index is 0.0290. The third-order valence-electron chi connectivity index (χ3n) is 5.54. The number of nitrogens with zero attached hydrogens (tertiary/aromatic N) is 4. The van der Waals surface area contributed by atoms with Crippen LogP contribution in [0.15, 0.2) is 47.9 Å². The topological polar surface area (TPSA) is 59.7 Å². The van der Waals surface area contributed by atoms with Crippen LogP contribution in [0, 0.1) is 0 Å². The number of imidazole rings is 1. The maximum atomic E-state index is 12.8. The number of carbonyl (C=O) groups excluding carboxylic acids is 1. The van der Waals surface area contributed by atoms with Gasteiger partial charge in [0.1, 0.15) is 18.7 Å². The average molecular weight is 390 g/mol. The monoisotopic (exact) mass is 390 g/mol. The van der Waals surface area contributed by atoms with Gasteiger partial charge in [-0.25, -0.2) is 4.98 Å². The molecule has 0 unspecified atom stereocenters. The SMILES string of the molecule is CC=C(CC)c1cccc2c1CCN1C(=O)CN=C(n3cnc(COC)c3)C=C21. The van der Waals surface area contributed by atoms with E-state index in [-0.39, 0.29) is 12.5 Å². The number of carbonyl (C=O) groups is 1. The van der Waals surface area contributed by atoms with E-state index in [2.05, 4.69) is 48.1 Å². The quantitative estimate of drug-likeness (QED) is 0.802. The largest absolute Gasteiger partial charge is 0.378 e. The minimum absolute atomic E-state index is 0.0290. The number of aromatic nitrogens is 2. The first kappa shape index (κ1) is 19.3. The molecule has 1 amide bonds. The zero-order valence-corrected chi connectivity index (χ0v) is 17.2. The van der Waals surface area contributed by atoms with Crippen molar-refractivity contribution in [1.29, 1.82) is 0 Å². The predicted octanol–water partition coefficient (Wildman–Crippen LogP) is 3.53. The highest BCUT2D eigenvalue weighted by molar-refractivity contribution is 6.06. The van der Waals surface area contributed by atoms with Gasteiger partial charge in [-0.1, -0.05) is 31.2 Å². The Balaban J connectivity index is 1.81. The fourth-order valence-electron chi connectivity index (χ4n) is 4.12. The van der Waals surface area contributed by atoms with Crippen molar-refractivity contribution in [2.75, 3.05) is 20.2 Å². The lowest BCUT2D eigenvalue weighted by Crippen LogP contribution is -2.36. The van der Waals surface area contributed by atoms with Crippen molar-refractivity contribution >= 4 is 23.0 Å². The van der Waals surface area contributed by atoms with Crippen molar-refractivity contribution in [2.24, 2.45) is 4.99 Å². The van der Waals surface area contributed by atoms with Crippen molar-refractivity contribution in [1.82, 2.24) is 14.5 Å². The second-order valence-corrected chi connectivity index (χ2v) is 7.20. The van der Waals surface area contributed by atoms with E-state index in [1.807, 2.05) is 21.7 Å². The normalized spacial score (nSPS) is 16.7. The zero-order chi connectivity index (χ0) is 20.4. The number of methoxy groups -OCH3 is 1. The molecule has 0 aliphatic carbocycles. The molecule has 6 nitrogen and oxygen atoms in total. The van der Waals surface area contributed by atoms with Crippen LogP contribution in [0.3, 0.4) is 0 Å². The van der Waals surface area contributed by atoms with E-state index in [9.17, 15) is 4.79 Å². The Kier molecular flexibility index (Phi) is 5.45. The highest BCUT2D eigenvalue weighted by atomic mass is 16.5. The molecule has 0 saturated heterocycles. The van der Waals surface area contributed by atoms with E-state index in [4.69, 9.17) is 4.74 Å². The van der Waals surface area contributed by atoms with Crippen LogP contribution in [0.2, 0.25) is 0 Å². The summed E-state index contributed by atoms with van der Waals surface area (Å²) in [7, 11) is 1.65. The number of fused-ring (bicyclic) bond motifs is 3. The Morgan fingerprint density at radius 2 is 2.21 bits per heavy atom. The highest BCUT2D eigenvalue weighted by Gasteiger charge is 2.29. The standard InChI is InChI=1S/C23H26N4O2/c1-4-16(5-2)18-7-6-8-20-19(18)9-10-27-21(20)11-22(24-12-23(27)28)26-13-17(14-29-3)25-15-26/h4,6-8,11,13,15H,5,9-10,12,14H2,1-3H3. The maximum absolute atomic E-state index is 12.8. The lowest BCUT2D eigenvalue weighted by Gasteiger charge is -2.32. The molecular weight excluding hydrogens is 364 g/mol. The van der Waals surface area contributed by atoms with Crippen molar-refractivity contribution in [3.8, 4) is 0 Å². The van der Waals surface area contributed by atoms with E-state index >= 15 is 0 Å². The van der Waals surface area contributed by atoms with Gasteiger partial charge in [-0.2, -0.15) is 0 Å². The Morgan fingerprint density at radius 3 is 2.97 bits per heavy atom. The van der Waals surface area contributed by atoms with Gasteiger partial charge in [0.15, 0.2) is 0 Å². The van der Waals surface area contributed by atoms with Crippen LogP contribution in [0.5, 0.6) is 0 Å². The molecule has 0 bridgehead atoms. The van der Waals surface area contributed by atoms with E-state index in [0.29, 0.717) is 19.0 Å². The van der Waals surface area contributed by atoms with Crippen LogP contribution in [-0.4, -0.2) is 46.4 Å². The van der Waals surface area contributed by atoms with Crippen LogP contribution in [0.25, 0.3) is 11.3 Å². The van der Waals surface area contributed by atoms with E-state index < -0.39 is 0 Å². The van der Waals surface area contributed by atoms with Gasteiger partial charge in [-0.3, -0.25) is 14.4 Å². The number of aliphatic imine (C=N–C) groups is 1. The minimum Gasteiger partial charge on any atom is -0.378 e. The van der Waals surface area contributed by atoms with Gasteiger partial charge in [-0.15, -0.1) is 0 Å². The fraction of sp³-hybridized carbons (Fsp3) is 0.348. The number of amides is 1. The van der Waals surface area contributed by atoms with Crippen LogP contribution in [0.4, 0.5) is 0 Å². The highest BCUT2D eigenvalue weighted by Crippen LogP contribution is 2.35. The molecule has 2 aromatic rings. The molecule has 29 heavy (non-hydrogen) atoms. The second-order valence-electron chi connectivity index (χ2n) is 7.20. The number of allylic oxidation sites excluding steroid dienone is 3. The average Bonchev–Trinajstić information content (AvgIpc) is 3.13. The van der Waals surface area contributed by atoms with Gasteiger partial charge in [0.05, 0.1) is 18.0 Å². The molecule has 1 aromatic heterocycles. The molecule has 0 fully saturated rings. The second kappa shape index (κ2) is 8.17. The van der Waals surface area contributed by atoms with E-state index in [1.54, 1.807) is 13.4 Å². The van der Waals surface area contributed by atoms with Gasteiger partial charge in [0, 0.05) is 31.5 Å². The first-order valence-electron chi connectivity index (χ1n) is 10.0. The third-order valence-corrected chi connectivity index (χ3v) is 5.54. The van der Waals surface area contributed by atoms with Crippen molar-refractivity contribution in [3.63, 3.8) is 0 Å². The number of ether oxygens (including phenoxy) is 1. The molecule has 1 aromatic carbocycles. The number of benzene rings is 1. The Morgan fingerprint density at radius 1 is 1.34 bits per heavy atom. The number of hydrogen-bond donors (Lipinski definition) is 0. The summed E-state index contributed by atoms with van der Waals surface area (Å²) in [5.41, 5.74) is 6.79. The molecule has 6 heteroatoms. The fourth-order valence-corrected chi connectivity index (χ4v) is 4.12. The lowest BCUT2D eigenvalue weighted by molar-refractivity contribution is -0.126. The van der Waals surface area contributed by atoms with Gasteiger partial charge >= 0.3 is 0 Å². The Labute approximate surface area is 171 Å². The van der Waals surface area contributed by atoms with Crippen molar-refractivity contribution in [3.05, 3.63) is 65.3 Å². The summed E-state index contributed by atoms with van der Waals surface area (Å²) in [5.74, 6) is 0.743. The molecular formula is C23H26N4O2. The third kappa shape index (κ3) is 3.56. The summed E-state index contributed by atoms with van der Waals surface area (Å²) in [5, 5.41) is 0. The first-order chi connectivity index (χ1) is 14.2. The summed E-state index contributed by atoms with van der Waals surface area (Å²) >= 11 is 0. The Hall–Kier alpha value is -2.99. The molecule has 0 saturated carbocycles. The molecule has 3 heterocycles. The molecule has 0 spiro atoms. The lowest BCUT2D eigenvalue weighted by atomic mass is 9.87. The van der Waals surface area contributed by atoms with Gasteiger partial charge in [0.25, 0.3) is 0 Å². The summed E-state index contributed by atoms with van der Waals surface area (Å²) in [6, 6.07) is 6.38. The van der Waals surface area contributed by atoms with Gasteiger partial charge in [0.2, 0.25) is 5.91 Å². The van der Waals surface area contributed by atoms with Gasteiger partial charge in [-0.05, 0) is 36.5 Å². The van der Waals surface area contributed by atoms with Crippen LogP contribution in [-0.2, 0) is 22.6 Å². The molecule has 4 rings (SSSR count). The van der Waals surface area contributed by atoms with Gasteiger partial charge < -0.3 is 9.64 Å². The van der Waals surface area contributed by atoms with Crippen LogP contribution in [0.1, 0.15) is 42.7 Å². The summed E-state index contributed by atoms with van der Waals surface area (Å²) in [4.78, 5) is 23.6. The summed E-state index contributed by atoms with van der Waals surface area (Å²) in [6.07, 6.45) is 9.65. The molecule has 150 valence electrons. The number of hydrogen-bond acceptors (Lipinski definition) is 4. The smallest absolute Gasteiger partial charge is 0.248 e.